The molecule has 1 unspecified atom stereocenters. The van der Waals surface area contributed by atoms with Gasteiger partial charge in [0.15, 0.2) is 11.5 Å². The first-order chi connectivity index (χ1) is 14.1. The standard InChI is InChI=1S/C24H23ClFNO2/c1-28-22-13-16-10-11-27(15-18-6-3-4-9-21(18)26)24(20(16)14-23(22)29-2)17-7-5-8-19(25)12-17/h3-9,12-14,24H,10-11,15H2,1-2H3. The molecule has 0 saturated carbocycles. The zero-order valence-electron chi connectivity index (χ0n) is 16.5. The molecule has 0 spiro atoms. The molecule has 1 heterocycles. The van der Waals surface area contributed by atoms with Crippen molar-refractivity contribution in [2.75, 3.05) is 20.8 Å². The second-order valence-electron chi connectivity index (χ2n) is 7.18. The molecule has 3 aromatic carbocycles. The fourth-order valence-electron chi connectivity index (χ4n) is 4.08. The SMILES string of the molecule is COc1cc2c(cc1OC)C(c1cccc(Cl)c1)N(Cc1ccccc1F)CC2. The Kier molecular flexibility index (Phi) is 5.74. The smallest absolute Gasteiger partial charge is 0.161 e. The maximum Gasteiger partial charge on any atom is 0.161 e. The lowest BCUT2D eigenvalue weighted by Gasteiger charge is -2.38. The summed E-state index contributed by atoms with van der Waals surface area (Å²) in [5.74, 6) is 1.22. The first-order valence-electron chi connectivity index (χ1n) is 9.58. The molecule has 0 radical (unpaired) electrons. The van der Waals surface area contributed by atoms with Crippen LogP contribution in [0.3, 0.4) is 0 Å². The highest BCUT2D eigenvalue weighted by Crippen LogP contribution is 2.42. The molecular formula is C24H23ClFNO2. The second kappa shape index (κ2) is 8.44. The lowest BCUT2D eigenvalue weighted by Crippen LogP contribution is -2.36. The van der Waals surface area contributed by atoms with E-state index in [2.05, 4.69) is 11.0 Å². The quantitative estimate of drug-likeness (QED) is 0.542. The van der Waals surface area contributed by atoms with E-state index in [1.807, 2.05) is 42.5 Å². The Morgan fingerprint density at radius 2 is 1.76 bits per heavy atom. The molecule has 0 fully saturated rings. The van der Waals surface area contributed by atoms with Crippen LogP contribution in [0.15, 0.2) is 60.7 Å². The zero-order valence-corrected chi connectivity index (χ0v) is 17.2. The normalized spacial score (nSPS) is 16.3. The second-order valence-corrected chi connectivity index (χ2v) is 7.61. The molecule has 1 aliphatic rings. The van der Waals surface area contributed by atoms with Gasteiger partial charge in [-0.2, -0.15) is 0 Å². The molecule has 0 saturated heterocycles. The van der Waals surface area contributed by atoms with E-state index in [-0.39, 0.29) is 11.9 Å². The van der Waals surface area contributed by atoms with Crippen molar-refractivity contribution in [3.05, 3.63) is 93.8 Å². The molecular weight excluding hydrogens is 389 g/mol. The number of hydrogen-bond donors (Lipinski definition) is 0. The van der Waals surface area contributed by atoms with Crippen molar-refractivity contribution in [2.24, 2.45) is 0 Å². The third-order valence-corrected chi connectivity index (χ3v) is 5.70. The Bertz CT molecular complexity index is 1020. The molecule has 1 aliphatic heterocycles. The number of halogens is 2. The van der Waals surface area contributed by atoms with Gasteiger partial charge >= 0.3 is 0 Å². The maximum atomic E-state index is 14.4. The Hall–Kier alpha value is -2.56. The topological polar surface area (TPSA) is 21.7 Å². The van der Waals surface area contributed by atoms with Gasteiger partial charge in [0.2, 0.25) is 0 Å². The number of benzene rings is 3. The molecule has 3 nitrogen and oxygen atoms in total. The van der Waals surface area contributed by atoms with Gasteiger partial charge < -0.3 is 9.47 Å². The van der Waals surface area contributed by atoms with Gasteiger partial charge in [-0.1, -0.05) is 41.9 Å². The van der Waals surface area contributed by atoms with Crippen LogP contribution in [0.5, 0.6) is 11.5 Å². The van der Waals surface area contributed by atoms with E-state index in [0.717, 1.165) is 29.8 Å². The summed E-state index contributed by atoms with van der Waals surface area (Å²) in [5.41, 5.74) is 4.09. The summed E-state index contributed by atoms with van der Waals surface area (Å²) in [7, 11) is 3.28. The summed E-state index contributed by atoms with van der Waals surface area (Å²) >= 11 is 6.31. The number of nitrogens with zero attached hydrogens (tertiary/aromatic N) is 1. The average Bonchev–Trinajstić information content (AvgIpc) is 2.74. The van der Waals surface area contributed by atoms with Gasteiger partial charge in [0.25, 0.3) is 0 Å². The molecule has 1 atom stereocenters. The molecule has 0 aliphatic carbocycles. The summed E-state index contributed by atoms with van der Waals surface area (Å²) in [6.45, 7) is 1.31. The molecule has 0 amide bonds. The van der Waals surface area contributed by atoms with Crippen molar-refractivity contribution in [3.63, 3.8) is 0 Å². The van der Waals surface area contributed by atoms with Crippen molar-refractivity contribution in [1.82, 2.24) is 4.90 Å². The first kappa shape index (κ1) is 19.7. The number of methoxy groups -OCH3 is 2. The van der Waals surface area contributed by atoms with Gasteiger partial charge in [-0.3, -0.25) is 4.90 Å². The summed E-state index contributed by atoms with van der Waals surface area (Å²) in [6.07, 6.45) is 0.848. The third-order valence-electron chi connectivity index (χ3n) is 5.47. The molecule has 0 bridgehead atoms. The van der Waals surface area contributed by atoms with Crippen molar-refractivity contribution >= 4 is 11.6 Å². The molecule has 5 heteroatoms. The molecule has 4 rings (SSSR count). The van der Waals surface area contributed by atoms with Crippen LogP contribution in [0.2, 0.25) is 5.02 Å². The van der Waals surface area contributed by atoms with E-state index in [4.69, 9.17) is 21.1 Å². The number of rotatable bonds is 5. The molecule has 0 aromatic heterocycles. The highest BCUT2D eigenvalue weighted by atomic mass is 35.5. The highest BCUT2D eigenvalue weighted by Gasteiger charge is 2.31. The average molecular weight is 412 g/mol. The van der Waals surface area contributed by atoms with Crippen LogP contribution in [0, 0.1) is 5.82 Å². The van der Waals surface area contributed by atoms with Crippen molar-refractivity contribution in [2.45, 2.75) is 19.0 Å². The minimum atomic E-state index is -0.185. The summed E-state index contributed by atoms with van der Waals surface area (Å²) in [6, 6.07) is 18.8. The Labute approximate surface area is 175 Å². The molecule has 29 heavy (non-hydrogen) atoms. The van der Waals surface area contributed by atoms with Gasteiger partial charge in [-0.25, -0.2) is 4.39 Å². The highest BCUT2D eigenvalue weighted by molar-refractivity contribution is 6.30. The largest absolute Gasteiger partial charge is 0.493 e. The zero-order chi connectivity index (χ0) is 20.4. The van der Waals surface area contributed by atoms with E-state index in [1.54, 1.807) is 20.3 Å². The molecule has 150 valence electrons. The van der Waals surface area contributed by atoms with E-state index in [0.29, 0.717) is 22.9 Å². The summed E-state index contributed by atoms with van der Waals surface area (Å²) < 4.78 is 25.4. The van der Waals surface area contributed by atoms with Gasteiger partial charge in [-0.15, -0.1) is 0 Å². The summed E-state index contributed by atoms with van der Waals surface area (Å²) in [4.78, 5) is 2.29. The van der Waals surface area contributed by atoms with E-state index in [1.165, 1.54) is 11.6 Å². The third kappa shape index (κ3) is 3.96. The maximum absolute atomic E-state index is 14.4. The van der Waals surface area contributed by atoms with Crippen molar-refractivity contribution < 1.29 is 13.9 Å². The lowest BCUT2D eigenvalue weighted by atomic mass is 9.87. The van der Waals surface area contributed by atoms with Crippen LogP contribution in [0.4, 0.5) is 4.39 Å². The first-order valence-corrected chi connectivity index (χ1v) is 9.96. The monoisotopic (exact) mass is 411 g/mol. The van der Waals surface area contributed by atoms with E-state index >= 15 is 0 Å². The minimum absolute atomic E-state index is 0.0585. The van der Waals surface area contributed by atoms with Crippen LogP contribution in [0.1, 0.15) is 28.3 Å². The summed E-state index contributed by atoms with van der Waals surface area (Å²) in [5, 5.41) is 0.681. The van der Waals surface area contributed by atoms with Crippen LogP contribution in [0.25, 0.3) is 0 Å². The predicted octanol–water partition coefficient (Wildman–Crippen LogP) is 5.64. The van der Waals surface area contributed by atoms with Crippen LogP contribution >= 0.6 is 11.6 Å². The van der Waals surface area contributed by atoms with Crippen molar-refractivity contribution in [3.8, 4) is 11.5 Å². The minimum Gasteiger partial charge on any atom is -0.493 e. The number of ether oxygens (including phenoxy) is 2. The molecule has 0 N–H and O–H groups in total. The fourth-order valence-corrected chi connectivity index (χ4v) is 4.28. The Morgan fingerprint density at radius 3 is 2.48 bits per heavy atom. The number of hydrogen-bond acceptors (Lipinski definition) is 3. The number of fused-ring (bicyclic) bond motifs is 1. The Morgan fingerprint density at radius 1 is 1.00 bits per heavy atom. The van der Waals surface area contributed by atoms with E-state index in [9.17, 15) is 4.39 Å². The lowest BCUT2D eigenvalue weighted by molar-refractivity contribution is 0.201. The molecule has 3 aromatic rings. The van der Waals surface area contributed by atoms with E-state index < -0.39 is 0 Å². The van der Waals surface area contributed by atoms with Crippen LogP contribution in [-0.4, -0.2) is 25.7 Å². The van der Waals surface area contributed by atoms with Gasteiger partial charge in [-0.05, 0) is 53.4 Å². The predicted molar refractivity (Wildman–Crippen MR) is 113 cm³/mol. The Balaban J connectivity index is 1.82. The van der Waals surface area contributed by atoms with Gasteiger partial charge in [0.1, 0.15) is 5.82 Å². The van der Waals surface area contributed by atoms with Gasteiger partial charge in [0, 0.05) is 23.7 Å². The van der Waals surface area contributed by atoms with Gasteiger partial charge in [0.05, 0.1) is 20.3 Å². The van der Waals surface area contributed by atoms with Crippen molar-refractivity contribution in [1.29, 1.82) is 0 Å². The van der Waals surface area contributed by atoms with Crippen LogP contribution < -0.4 is 9.47 Å². The van der Waals surface area contributed by atoms with Crippen LogP contribution in [-0.2, 0) is 13.0 Å². The fraction of sp³-hybridized carbons (Fsp3) is 0.250.